The van der Waals surface area contributed by atoms with Crippen molar-refractivity contribution in [3.8, 4) is 0 Å². The Morgan fingerprint density at radius 1 is 1.43 bits per heavy atom. The van der Waals surface area contributed by atoms with Gasteiger partial charge in [0, 0.05) is 18.8 Å². The summed E-state index contributed by atoms with van der Waals surface area (Å²) in [5.41, 5.74) is 4.23. The van der Waals surface area contributed by atoms with Crippen molar-refractivity contribution in [2.45, 2.75) is 24.3 Å². The molecule has 1 fully saturated rings. The number of sulfonamides is 1. The van der Waals surface area contributed by atoms with Crippen LogP contribution in [0.1, 0.15) is 13.8 Å². The molecule has 1 aromatic rings. The maximum Gasteiger partial charge on any atom is 0.247 e. The highest BCUT2D eigenvalue weighted by atomic mass is 35.5. The molecular weight excluding hydrogens is 321 g/mol. The molecule has 3 N–H and O–H groups in total. The highest BCUT2D eigenvalue weighted by Gasteiger charge is 2.45. The number of nitrogens with zero attached hydrogens (tertiary/aromatic N) is 1. The van der Waals surface area contributed by atoms with Gasteiger partial charge in [-0.3, -0.25) is 4.79 Å². The Bertz CT molecular complexity index is 706. The molecule has 2 rings (SSSR count). The van der Waals surface area contributed by atoms with Crippen molar-refractivity contribution in [2.24, 2.45) is 0 Å². The number of halogens is 2. The molecule has 116 valence electrons. The number of nitrogens with two attached hydrogens (primary N) is 1. The third-order valence-electron chi connectivity index (χ3n) is 3.36. The minimum Gasteiger partial charge on any atom is -0.399 e. The molecule has 1 saturated heterocycles. The van der Waals surface area contributed by atoms with Crippen LogP contribution in [0.25, 0.3) is 0 Å². The van der Waals surface area contributed by atoms with Gasteiger partial charge in [-0.25, -0.2) is 12.8 Å². The van der Waals surface area contributed by atoms with E-state index < -0.39 is 32.2 Å². The predicted molar refractivity (Wildman–Crippen MR) is 76.8 cm³/mol. The minimum absolute atomic E-state index is 0.0271. The summed E-state index contributed by atoms with van der Waals surface area (Å²) in [7, 11) is -4.25. The van der Waals surface area contributed by atoms with E-state index in [-0.39, 0.29) is 23.8 Å². The van der Waals surface area contributed by atoms with Crippen LogP contribution in [0.2, 0.25) is 5.02 Å². The van der Waals surface area contributed by atoms with Crippen LogP contribution >= 0.6 is 11.6 Å². The number of anilines is 1. The first kappa shape index (κ1) is 16.0. The number of carbonyl (C=O) groups excluding carboxylic acids is 1. The van der Waals surface area contributed by atoms with Gasteiger partial charge in [0.05, 0.1) is 5.02 Å². The van der Waals surface area contributed by atoms with E-state index in [0.717, 1.165) is 16.4 Å². The summed E-state index contributed by atoms with van der Waals surface area (Å²) in [5, 5.41) is 2.19. The second-order valence-corrected chi connectivity index (χ2v) is 7.44. The van der Waals surface area contributed by atoms with Gasteiger partial charge >= 0.3 is 0 Å². The van der Waals surface area contributed by atoms with E-state index in [1.807, 2.05) is 0 Å². The molecule has 0 atom stereocenters. The lowest BCUT2D eigenvalue weighted by Crippen LogP contribution is -2.63. The van der Waals surface area contributed by atoms with Crippen LogP contribution in [-0.4, -0.2) is 37.3 Å². The van der Waals surface area contributed by atoms with Gasteiger partial charge in [0.1, 0.15) is 10.4 Å². The van der Waals surface area contributed by atoms with Crippen LogP contribution < -0.4 is 11.1 Å². The number of nitrogen functional groups attached to an aromatic ring is 1. The van der Waals surface area contributed by atoms with E-state index in [0.29, 0.717) is 0 Å². The SMILES string of the molecule is CC1(C)C(=O)NCCN1S(=O)(=O)c1cc(N)cc(Cl)c1F. The molecule has 21 heavy (non-hydrogen) atoms. The van der Waals surface area contributed by atoms with E-state index in [1.54, 1.807) is 0 Å². The first-order valence-corrected chi connectivity index (χ1v) is 7.96. The summed E-state index contributed by atoms with van der Waals surface area (Å²) in [6, 6.07) is 2.13. The van der Waals surface area contributed by atoms with E-state index in [1.165, 1.54) is 13.8 Å². The summed E-state index contributed by atoms with van der Waals surface area (Å²) in [6.07, 6.45) is 0. The standard InChI is InChI=1S/C12H15ClFN3O3S/c1-12(2)11(18)16-3-4-17(12)21(19,20)9-6-7(15)5-8(13)10(9)14/h5-6H,3-4,15H2,1-2H3,(H,16,18). The second-order valence-electron chi connectivity index (χ2n) is 5.21. The normalized spacial score (nSPS) is 19.3. The highest BCUT2D eigenvalue weighted by molar-refractivity contribution is 7.89. The van der Waals surface area contributed by atoms with Crippen LogP contribution in [0.5, 0.6) is 0 Å². The zero-order chi connectivity index (χ0) is 16.0. The lowest BCUT2D eigenvalue weighted by molar-refractivity contribution is -0.131. The van der Waals surface area contributed by atoms with Gasteiger partial charge in [-0.05, 0) is 26.0 Å². The molecule has 0 aliphatic carbocycles. The van der Waals surface area contributed by atoms with Gasteiger partial charge in [-0.1, -0.05) is 11.6 Å². The largest absolute Gasteiger partial charge is 0.399 e. The Hall–Kier alpha value is -1.38. The lowest BCUT2D eigenvalue weighted by Gasteiger charge is -2.39. The number of hydrogen-bond donors (Lipinski definition) is 2. The van der Waals surface area contributed by atoms with E-state index in [4.69, 9.17) is 17.3 Å². The lowest BCUT2D eigenvalue weighted by atomic mass is 10.0. The Kier molecular flexibility index (Phi) is 3.90. The summed E-state index contributed by atoms with van der Waals surface area (Å²) >= 11 is 5.65. The molecule has 1 aromatic carbocycles. The van der Waals surface area contributed by atoms with E-state index in [2.05, 4.69) is 5.32 Å². The third kappa shape index (κ3) is 2.58. The number of amides is 1. The first-order chi connectivity index (χ1) is 9.58. The number of hydrogen-bond acceptors (Lipinski definition) is 4. The molecule has 1 heterocycles. The van der Waals surface area contributed by atoms with Crippen LogP contribution in [-0.2, 0) is 14.8 Å². The molecule has 1 amide bonds. The van der Waals surface area contributed by atoms with E-state index >= 15 is 0 Å². The summed E-state index contributed by atoms with van der Waals surface area (Å²) in [4.78, 5) is 11.2. The average Bonchev–Trinajstić information content (AvgIpc) is 2.36. The number of carbonyl (C=O) groups is 1. The molecule has 0 aromatic heterocycles. The number of benzene rings is 1. The summed E-state index contributed by atoms with van der Waals surface area (Å²) < 4.78 is 40.4. The van der Waals surface area contributed by atoms with Crippen molar-refractivity contribution in [2.75, 3.05) is 18.8 Å². The maximum absolute atomic E-state index is 14.1. The van der Waals surface area contributed by atoms with Crippen molar-refractivity contribution < 1.29 is 17.6 Å². The molecule has 0 bridgehead atoms. The Morgan fingerprint density at radius 3 is 2.67 bits per heavy atom. The fourth-order valence-corrected chi connectivity index (χ4v) is 4.35. The first-order valence-electron chi connectivity index (χ1n) is 6.14. The number of nitrogens with one attached hydrogen (secondary N) is 1. The Balaban J connectivity index is 2.60. The second kappa shape index (κ2) is 5.11. The zero-order valence-electron chi connectivity index (χ0n) is 11.5. The van der Waals surface area contributed by atoms with Crippen molar-refractivity contribution in [1.29, 1.82) is 0 Å². The molecular formula is C12H15ClFN3O3S. The van der Waals surface area contributed by atoms with Crippen molar-refractivity contribution >= 4 is 33.2 Å². The van der Waals surface area contributed by atoms with Gasteiger partial charge in [0.15, 0.2) is 5.82 Å². The minimum atomic E-state index is -4.25. The van der Waals surface area contributed by atoms with Crippen LogP contribution in [0.3, 0.4) is 0 Å². The molecule has 0 spiro atoms. The third-order valence-corrected chi connectivity index (χ3v) is 5.71. The number of rotatable bonds is 2. The maximum atomic E-state index is 14.1. The molecule has 0 saturated carbocycles. The van der Waals surface area contributed by atoms with Gasteiger partial charge in [0.2, 0.25) is 15.9 Å². The van der Waals surface area contributed by atoms with Crippen molar-refractivity contribution in [1.82, 2.24) is 9.62 Å². The van der Waals surface area contributed by atoms with Gasteiger partial charge in [-0.2, -0.15) is 4.31 Å². The van der Waals surface area contributed by atoms with Crippen molar-refractivity contribution in [3.05, 3.63) is 23.0 Å². The average molecular weight is 336 g/mol. The Morgan fingerprint density at radius 2 is 2.05 bits per heavy atom. The molecule has 1 aliphatic heterocycles. The smallest absolute Gasteiger partial charge is 0.247 e. The van der Waals surface area contributed by atoms with Gasteiger partial charge in [-0.15, -0.1) is 0 Å². The summed E-state index contributed by atoms with van der Waals surface area (Å²) in [6.45, 7) is 3.09. The topological polar surface area (TPSA) is 92.5 Å². The van der Waals surface area contributed by atoms with Crippen LogP contribution in [0.4, 0.5) is 10.1 Å². The molecule has 9 heteroatoms. The predicted octanol–water partition coefficient (Wildman–Crippen LogP) is 0.960. The molecule has 0 radical (unpaired) electrons. The number of piperazine rings is 1. The zero-order valence-corrected chi connectivity index (χ0v) is 13.1. The fraction of sp³-hybridized carbons (Fsp3) is 0.417. The van der Waals surface area contributed by atoms with E-state index in [9.17, 15) is 17.6 Å². The van der Waals surface area contributed by atoms with Crippen molar-refractivity contribution in [3.63, 3.8) is 0 Å². The fourth-order valence-electron chi connectivity index (χ4n) is 2.19. The Labute approximate surface area is 127 Å². The van der Waals surface area contributed by atoms with Gasteiger partial charge < -0.3 is 11.1 Å². The molecule has 6 nitrogen and oxygen atoms in total. The highest BCUT2D eigenvalue weighted by Crippen LogP contribution is 2.32. The van der Waals surface area contributed by atoms with Crippen LogP contribution in [0.15, 0.2) is 17.0 Å². The summed E-state index contributed by atoms with van der Waals surface area (Å²) in [5.74, 6) is -1.53. The van der Waals surface area contributed by atoms with Gasteiger partial charge in [0.25, 0.3) is 0 Å². The quantitative estimate of drug-likeness (QED) is 0.787. The van der Waals surface area contributed by atoms with Crippen LogP contribution in [0, 0.1) is 5.82 Å². The molecule has 1 aliphatic rings. The monoisotopic (exact) mass is 335 g/mol. The molecule has 0 unspecified atom stereocenters.